The normalized spacial score (nSPS) is 24.9. The van der Waals surface area contributed by atoms with E-state index in [1.54, 1.807) is 0 Å². The molecule has 4 nitrogen and oxygen atoms in total. The largest absolute Gasteiger partial charge is 0.394 e. The molecular formula is C31H52N2O2. The first-order chi connectivity index (χ1) is 17.0. The lowest BCUT2D eigenvalue weighted by molar-refractivity contribution is -0.124. The minimum atomic E-state index is -0.227. The maximum Gasteiger partial charge on any atom is 0.243 e. The highest BCUT2D eigenvalue weighted by Gasteiger charge is 2.32. The van der Waals surface area contributed by atoms with Crippen LogP contribution in [-0.4, -0.2) is 36.8 Å². The number of hydrogen-bond acceptors (Lipinski definition) is 3. The van der Waals surface area contributed by atoms with Gasteiger partial charge in [0, 0.05) is 12.7 Å². The SMILES string of the molecule is CC(C)[C@H]1C(=O)N[C@H](CO)Cc2ccc(C3CCCCCCCCCCCCCCC3)cc2N1C. The molecule has 1 amide bonds. The fourth-order valence-corrected chi connectivity index (χ4v) is 6.33. The Morgan fingerprint density at radius 3 is 1.89 bits per heavy atom. The van der Waals surface area contributed by atoms with E-state index in [9.17, 15) is 9.90 Å². The molecule has 1 heterocycles. The van der Waals surface area contributed by atoms with E-state index in [0.717, 1.165) is 0 Å². The predicted molar refractivity (Wildman–Crippen MR) is 148 cm³/mol. The molecule has 2 atom stereocenters. The zero-order chi connectivity index (χ0) is 25.0. The second-order valence-electron chi connectivity index (χ2n) is 11.7. The van der Waals surface area contributed by atoms with Gasteiger partial charge >= 0.3 is 0 Å². The quantitative estimate of drug-likeness (QED) is 0.480. The molecule has 1 aliphatic carbocycles. The van der Waals surface area contributed by atoms with Crippen LogP contribution in [0.15, 0.2) is 18.2 Å². The fourth-order valence-electron chi connectivity index (χ4n) is 6.33. The first-order valence-corrected chi connectivity index (χ1v) is 14.8. The Morgan fingerprint density at radius 2 is 1.40 bits per heavy atom. The van der Waals surface area contributed by atoms with Crippen molar-refractivity contribution < 1.29 is 9.90 Å². The van der Waals surface area contributed by atoms with E-state index in [1.807, 2.05) is 0 Å². The Labute approximate surface area is 215 Å². The topological polar surface area (TPSA) is 52.6 Å². The van der Waals surface area contributed by atoms with Crippen molar-refractivity contribution in [1.29, 1.82) is 0 Å². The van der Waals surface area contributed by atoms with Gasteiger partial charge in [-0.2, -0.15) is 0 Å². The van der Waals surface area contributed by atoms with Crippen LogP contribution in [0.3, 0.4) is 0 Å². The second-order valence-corrected chi connectivity index (χ2v) is 11.7. The lowest BCUT2D eigenvalue weighted by Crippen LogP contribution is -2.54. The Balaban J connectivity index is 1.80. The van der Waals surface area contributed by atoms with Gasteiger partial charge in [0.05, 0.1) is 12.6 Å². The van der Waals surface area contributed by atoms with Gasteiger partial charge in [-0.15, -0.1) is 0 Å². The molecule has 4 heteroatoms. The van der Waals surface area contributed by atoms with E-state index < -0.39 is 0 Å². The number of benzene rings is 1. The van der Waals surface area contributed by atoms with Crippen LogP contribution in [0.25, 0.3) is 0 Å². The lowest BCUT2D eigenvalue weighted by atomic mass is 9.86. The fraction of sp³-hybridized carbons (Fsp3) is 0.774. The predicted octanol–water partition coefficient (Wildman–Crippen LogP) is 7.13. The molecule has 0 radical (unpaired) electrons. The molecule has 1 aliphatic heterocycles. The Hall–Kier alpha value is -1.55. The van der Waals surface area contributed by atoms with Gasteiger partial charge in [-0.3, -0.25) is 4.79 Å². The van der Waals surface area contributed by atoms with Crippen molar-refractivity contribution >= 4 is 11.6 Å². The van der Waals surface area contributed by atoms with Gasteiger partial charge in [0.15, 0.2) is 0 Å². The average molecular weight is 485 g/mol. The van der Waals surface area contributed by atoms with Crippen LogP contribution in [0.5, 0.6) is 0 Å². The summed E-state index contributed by atoms with van der Waals surface area (Å²) in [5.41, 5.74) is 3.86. The molecule has 1 fully saturated rings. The maximum absolute atomic E-state index is 13.0. The van der Waals surface area contributed by atoms with Gasteiger partial charge in [-0.25, -0.2) is 0 Å². The number of likely N-dealkylation sites (N-methyl/N-ethyl adjacent to an activating group) is 1. The third-order valence-corrected chi connectivity index (χ3v) is 8.42. The molecule has 1 aromatic rings. The van der Waals surface area contributed by atoms with Gasteiger partial charge in [0.25, 0.3) is 0 Å². The Kier molecular flexibility index (Phi) is 11.9. The summed E-state index contributed by atoms with van der Waals surface area (Å²) in [5, 5.41) is 13.0. The van der Waals surface area contributed by atoms with E-state index in [4.69, 9.17) is 0 Å². The molecule has 1 saturated carbocycles. The smallest absolute Gasteiger partial charge is 0.243 e. The van der Waals surface area contributed by atoms with E-state index in [0.29, 0.717) is 12.3 Å². The van der Waals surface area contributed by atoms with Gasteiger partial charge < -0.3 is 15.3 Å². The van der Waals surface area contributed by atoms with Crippen LogP contribution in [-0.2, 0) is 11.2 Å². The molecule has 198 valence electrons. The number of rotatable bonds is 3. The molecular weight excluding hydrogens is 432 g/mol. The molecule has 0 aromatic heterocycles. The first-order valence-electron chi connectivity index (χ1n) is 14.8. The molecule has 3 rings (SSSR count). The molecule has 2 N–H and O–H groups in total. The summed E-state index contributed by atoms with van der Waals surface area (Å²) in [4.78, 5) is 15.2. The van der Waals surface area contributed by atoms with Gasteiger partial charge in [0.2, 0.25) is 5.91 Å². The third kappa shape index (κ3) is 8.51. The van der Waals surface area contributed by atoms with Gasteiger partial charge in [0.1, 0.15) is 6.04 Å². The second kappa shape index (κ2) is 14.9. The standard InChI is InChI=1S/C31H52N2O2/c1-24(2)30-31(35)32-28(23-34)21-27-20-19-26(22-29(27)33(30)3)25-17-15-13-11-9-7-5-4-6-8-10-12-14-16-18-25/h19-20,22,24-25,28,30,34H,4-18,21,23H2,1-3H3,(H,32,35)/t28-,30-/m0/s1. The first kappa shape index (κ1) is 28.0. The number of hydrogen-bond donors (Lipinski definition) is 2. The highest BCUT2D eigenvalue weighted by Crippen LogP contribution is 2.35. The molecule has 35 heavy (non-hydrogen) atoms. The summed E-state index contributed by atoms with van der Waals surface area (Å²) in [6.45, 7) is 4.20. The number of carbonyl (C=O) groups is 1. The summed E-state index contributed by atoms with van der Waals surface area (Å²) in [6, 6.07) is 6.57. The third-order valence-electron chi connectivity index (χ3n) is 8.42. The number of fused-ring (bicyclic) bond motifs is 1. The summed E-state index contributed by atoms with van der Waals surface area (Å²) in [7, 11) is 2.07. The number of amides is 1. The lowest BCUT2D eigenvalue weighted by Gasteiger charge is -2.37. The summed E-state index contributed by atoms with van der Waals surface area (Å²) >= 11 is 0. The zero-order valence-corrected chi connectivity index (χ0v) is 22.9. The number of carbonyl (C=O) groups excluding carboxylic acids is 1. The summed E-state index contributed by atoms with van der Waals surface area (Å²) in [5.74, 6) is 0.825. The van der Waals surface area contributed by atoms with E-state index in [1.165, 1.54) is 113 Å². The minimum Gasteiger partial charge on any atom is -0.394 e. The molecule has 2 aliphatic rings. The molecule has 0 saturated heterocycles. The van der Waals surface area contributed by atoms with Crippen LogP contribution in [0.1, 0.15) is 127 Å². The van der Waals surface area contributed by atoms with Crippen LogP contribution >= 0.6 is 0 Å². The van der Waals surface area contributed by atoms with Crippen molar-refractivity contribution in [2.45, 2.75) is 135 Å². The Morgan fingerprint density at radius 1 is 0.886 bits per heavy atom. The van der Waals surface area contributed by atoms with E-state index >= 15 is 0 Å². The van der Waals surface area contributed by atoms with Crippen molar-refractivity contribution in [3.8, 4) is 0 Å². The van der Waals surface area contributed by atoms with E-state index in [-0.39, 0.29) is 30.5 Å². The number of anilines is 1. The molecule has 0 bridgehead atoms. The van der Waals surface area contributed by atoms with Gasteiger partial charge in [-0.05, 0) is 48.3 Å². The van der Waals surface area contributed by atoms with Crippen LogP contribution < -0.4 is 10.2 Å². The molecule has 0 unspecified atom stereocenters. The average Bonchev–Trinajstić information content (AvgIpc) is 2.83. The zero-order valence-electron chi connectivity index (χ0n) is 22.9. The number of aliphatic hydroxyl groups is 1. The van der Waals surface area contributed by atoms with Gasteiger partial charge in [-0.1, -0.05) is 109 Å². The van der Waals surface area contributed by atoms with Crippen molar-refractivity contribution in [2.24, 2.45) is 5.92 Å². The van der Waals surface area contributed by atoms with Crippen LogP contribution in [0.4, 0.5) is 5.69 Å². The molecule has 1 aromatic carbocycles. The highest BCUT2D eigenvalue weighted by atomic mass is 16.3. The Bertz CT molecular complexity index is 746. The van der Waals surface area contributed by atoms with Crippen molar-refractivity contribution in [3.63, 3.8) is 0 Å². The van der Waals surface area contributed by atoms with Crippen LogP contribution in [0.2, 0.25) is 0 Å². The van der Waals surface area contributed by atoms with Crippen LogP contribution in [0, 0.1) is 5.92 Å². The van der Waals surface area contributed by atoms with Crippen molar-refractivity contribution in [1.82, 2.24) is 5.32 Å². The minimum absolute atomic E-state index is 0.0237. The van der Waals surface area contributed by atoms with Crippen molar-refractivity contribution in [3.05, 3.63) is 29.3 Å². The summed E-state index contributed by atoms with van der Waals surface area (Å²) in [6.07, 6.45) is 21.3. The maximum atomic E-state index is 13.0. The number of nitrogens with zero attached hydrogens (tertiary/aromatic N) is 1. The van der Waals surface area contributed by atoms with Crippen molar-refractivity contribution in [2.75, 3.05) is 18.6 Å². The monoisotopic (exact) mass is 484 g/mol. The number of aliphatic hydroxyl groups excluding tert-OH is 1. The molecule has 0 spiro atoms. The highest BCUT2D eigenvalue weighted by molar-refractivity contribution is 5.86. The summed E-state index contributed by atoms with van der Waals surface area (Å²) < 4.78 is 0. The van der Waals surface area contributed by atoms with E-state index in [2.05, 4.69) is 49.3 Å². The number of nitrogens with one attached hydrogen (secondary N) is 1.